The van der Waals surface area contributed by atoms with E-state index in [2.05, 4.69) is 159 Å². The summed E-state index contributed by atoms with van der Waals surface area (Å²) < 4.78 is 11.8. The SMILES string of the molecule is CCC(C)C.CCC(C)C.COc1ccc2c(c1)C1(c3cc(-c4ccccc4)c(O)cc3Cc3cc(OC)c(-c4ccccc4)cc31)c1ccccc1-2.C[CH-]CC.[CH3-].[Ca+2]. The number of phenolic OH excluding ortho intramolecular Hbond substituents is 1. The largest absolute Gasteiger partial charge is 2.00 e. The first-order valence-electron chi connectivity index (χ1n) is 20.8. The maximum Gasteiger partial charge on any atom is 2.00 e. The van der Waals surface area contributed by atoms with Crippen molar-refractivity contribution in [3.8, 4) is 50.6 Å². The molecule has 0 bridgehead atoms. The number of ether oxygens (including phenoxy) is 2. The first-order valence-corrected chi connectivity index (χ1v) is 20.8. The average molecular weight is 815 g/mol. The molecule has 0 heterocycles. The maximum atomic E-state index is 11.4. The molecule has 6 aromatic carbocycles. The van der Waals surface area contributed by atoms with Crippen molar-refractivity contribution < 1.29 is 14.6 Å². The van der Waals surface area contributed by atoms with E-state index in [-0.39, 0.29) is 50.9 Å². The van der Waals surface area contributed by atoms with Crippen molar-refractivity contribution in [3.63, 3.8) is 0 Å². The van der Waals surface area contributed by atoms with E-state index in [1.54, 1.807) is 14.2 Å². The van der Waals surface area contributed by atoms with Crippen LogP contribution in [0.1, 0.15) is 108 Å². The van der Waals surface area contributed by atoms with Gasteiger partial charge in [0.1, 0.15) is 17.2 Å². The molecule has 0 amide bonds. The van der Waals surface area contributed by atoms with Crippen LogP contribution in [0.15, 0.2) is 127 Å². The zero-order valence-electron chi connectivity index (χ0n) is 37.7. The molecule has 6 aromatic rings. The van der Waals surface area contributed by atoms with Gasteiger partial charge in [-0.3, -0.25) is 0 Å². The first kappa shape index (κ1) is 49.3. The smallest absolute Gasteiger partial charge is 0.507 e. The Bertz CT molecular complexity index is 2200. The van der Waals surface area contributed by atoms with Crippen LogP contribution in [0.25, 0.3) is 33.4 Å². The molecule has 4 heteroatoms. The van der Waals surface area contributed by atoms with Crippen molar-refractivity contribution in [2.75, 3.05) is 14.2 Å². The van der Waals surface area contributed by atoms with Gasteiger partial charge in [-0.1, -0.05) is 152 Å². The van der Waals surface area contributed by atoms with Gasteiger partial charge in [0, 0.05) is 11.1 Å². The fourth-order valence-electron chi connectivity index (χ4n) is 7.42. The van der Waals surface area contributed by atoms with Crippen molar-refractivity contribution in [2.24, 2.45) is 11.8 Å². The second-order valence-electron chi connectivity index (χ2n) is 15.8. The summed E-state index contributed by atoms with van der Waals surface area (Å²) in [6, 6.07) is 44.5. The third-order valence-electron chi connectivity index (χ3n) is 11.3. The molecule has 0 radical (unpaired) electrons. The molecular weight excluding hydrogens is 749 g/mol. The van der Waals surface area contributed by atoms with Crippen LogP contribution in [-0.4, -0.2) is 57.1 Å². The number of methoxy groups -OCH3 is 2. The standard InChI is InChI=1S/C40H30O3.2C5H12.C4H9.CH3.Ca/c1-42-29-17-18-31-30-15-9-10-16-34(30)40(37(31)22-29)35-23-32(25-11-5-3-6-12-25)38(41)20-27(35)19-28-21-39(43-2)33(24-36(28)40)26-13-7-4-8-14-26;2*1-4-5(2)3;1-3-4-2;;/h3-18,20-24,41H,19H2,1-2H3;2*5H,4H2,1-3H3;3H,4H2,1-2H3;1H3;/q;;;2*-1;+2. The number of aromatic hydroxyl groups is 1. The second kappa shape index (κ2) is 23.1. The number of hydrogen-bond donors (Lipinski definition) is 1. The summed E-state index contributed by atoms with van der Waals surface area (Å²) in [7, 11) is 3.47. The third-order valence-corrected chi connectivity index (χ3v) is 11.3. The van der Waals surface area contributed by atoms with E-state index in [9.17, 15) is 5.11 Å². The van der Waals surface area contributed by atoms with E-state index < -0.39 is 5.41 Å². The summed E-state index contributed by atoms with van der Waals surface area (Å²) in [4.78, 5) is 0. The van der Waals surface area contributed by atoms with Gasteiger partial charge in [-0.05, 0) is 110 Å². The molecule has 1 spiro atoms. The summed E-state index contributed by atoms with van der Waals surface area (Å²) in [6.45, 7) is 17.5. The average Bonchev–Trinajstić information content (AvgIpc) is 3.53. The Balaban J connectivity index is 0.000000507. The van der Waals surface area contributed by atoms with E-state index in [1.165, 1.54) is 58.2 Å². The monoisotopic (exact) mass is 814 g/mol. The number of hydrogen-bond acceptors (Lipinski definition) is 3. The van der Waals surface area contributed by atoms with E-state index >= 15 is 0 Å². The Labute approximate surface area is 387 Å². The molecule has 0 aromatic heterocycles. The van der Waals surface area contributed by atoms with Crippen LogP contribution < -0.4 is 9.47 Å². The molecule has 8 rings (SSSR count). The quantitative estimate of drug-likeness (QED) is 0.129. The van der Waals surface area contributed by atoms with Gasteiger partial charge >= 0.3 is 37.7 Å². The number of rotatable bonds is 7. The normalized spacial score (nSPS) is 13.6. The van der Waals surface area contributed by atoms with Gasteiger partial charge in [-0.25, -0.2) is 0 Å². The van der Waals surface area contributed by atoms with Crippen LogP contribution in [0.4, 0.5) is 0 Å². The van der Waals surface area contributed by atoms with E-state index in [4.69, 9.17) is 9.47 Å². The minimum atomic E-state index is -0.629. The molecule has 1 unspecified atom stereocenters. The molecule has 306 valence electrons. The van der Waals surface area contributed by atoms with Crippen LogP contribution in [0.5, 0.6) is 17.2 Å². The summed E-state index contributed by atoms with van der Waals surface area (Å²) >= 11 is 0. The predicted molar refractivity (Wildman–Crippen MR) is 255 cm³/mol. The molecule has 0 aliphatic heterocycles. The molecule has 1 atom stereocenters. The summed E-state index contributed by atoms with van der Waals surface area (Å²) in [5.74, 6) is 3.71. The van der Waals surface area contributed by atoms with Crippen LogP contribution in [0.2, 0.25) is 0 Å². The van der Waals surface area contributed by atoms with Crippen molar-refractivity contribution in [3.05, 3.63) is 175 Å². The zero-order chi connectivity index (χ0) is 41.1. The number of unbranched alkanes of at least 4 members (excludes halogenated alkanes) is 1. The predicted octanol–water partition coefficient (Wildman–Crippen LogP) is 14.8. The number of phenols is 1. The van der Waals surface area contributed by atoms with Crippen molar-refractivity contribution in [2.45, 2.75) is 86.5 Å². The van der Waals surface area contributed by atoms with Crippen LogP contribution in [-0.2, 0) is 11.8 Å². The molecule has 3 nitrogen and oxygen atoms in total. The Hall–Kier alpha value is -4.02. The number of fused-ring (bicyclic) bond motifs is 9. The van der Waals surface area contributed by atoms with Crippen molar-refractivity contribution >= 4 is 37.7 Å². The Kier molecular flexibility index (Phi) is 19.3. The topological polar surface area (TPSA) is 38.7 Å². The fraction of sp³-hybridized carbons (Fsp3) is 0.309. The van der Waals surface area contributed by atoms with Gasteiger partial charge in [-0.15, -0.1) is 0 Å². The van der Waals surface area contributed by atoms with Gasteiger partial charge in [-0.2, -0.15) is 13.3 Å². The first-order chi connectivity index (χ1) is 27.6. The van der Waals surface area contributed by atoms with E-state index in [1.807, 2.05) is 30.3 Å². The van der Waals surface area contributed by atoms with E-state index in [0.29, 0.717) is 6.42 Å². The van der Waals surface area contributed by atoms with E-state index in [0.717, 1.165) is 51.2 Å². The second-order valence-corrected chi connectivity index (χ2v) is 15.8. The molecule has 0 saturated heterocycles. The van der Waals surface area contributed by atoms with Gasteiger partial charge in [0.05, 0.1) is 19.6 Å². The molecule has 2 aliphatic carbocycles. The van der Waals surface area contributed by atoms with Crippen LogP contribution in [0.3, 0.4) is 0 Å². The molecule has 0 fully saturated rings. The van der Waals surface area contributed by atoms with Crippen LogP contribution >= 0.6 is 0 Å². The summed E-state index contributed by atoms with van der Waals surface area (Å²) in [5, 5.41) is 11.4. The maximum absolute atomic E-state index is 11.4. The van der Waals surface area contributed by atoms with Gasteiger partial charge < -0.3 is 28.4 Å². The number of benzene rings is 6. The minimum absolute atomic E-state index is 0. The summed E-state index contributed by atoms with van der Waals surface area (Å²) in [5.41, 5.74) is 12.9. The van der Waals surface area contributed by atoms with Crippen LogP contribution in [0, 0.1) is 25.7 Å². The van der Waals surface area contributed by atoms with Crippen molar-refractivity contribution in [1.82, 2.24) is 0 Å². The molecule has 1 N–H and O–H groups in total. The Morgan fingerprint density at radius 1 is 0.576 bits per heavy atom. The van der Waals surface area contributed by atoms with Crippen molar-refractivity contribution in [1.29, 1.82) is 0 Å². The Morgan fingerprint density at radius 3 is 1.56 bits per heavy atom. The Morgan fingerprint density at radius 2 is 1.05 bits per heavy atom. The van der Waals surface area contributed by atoms with Gasteiger partial charge in [0.2, 0.25) is 0 Å². The molecule has 0 saturated carbocycles. The molecular formula is C55H66CaO3. The van der Waals surface area contributed by atoms with Gasteiger partial charge in [0.15, 0.2) is 0 Å². The zero-order valence-corrected chi connectivity index (χ0v) is 39.9. The minimum Gasteiger partial charge on any atom is -0.507 e. The fourth-order valence-corrected chi connectivity index (χ4v) is 7.42. The summed E-state index contributed by atoms with van der Waals surface area (Å²) in [6.07, 6.45) is 6.61. The van der Waals surface area contributed by atoms with Gasteiger partial charge in [0.25, 0.3) is 0 Å². The molecule has 59 heavy (non-hydrogen) atoms. The molecule has 2 aliphatic rings. The third kappa shape index (κ3) is 10.7.